The van der Waals surface area contributed by atoms with E-state index in [0.29, 0.717) is 0 Å². The van der Waals surface area contributed by atoms with E-state index in [1.54, 1.807) is 0 Å². The van der Waals surface area contributed by atoms with E-state index >= 15 is 0 Å². The summed E-state index contributed by atoms with van der Waals surface area (Å²) in [6.45, 7) is 10.5. The summed E-state index contributed by atoms with van der Waals surface area (Å²) in [7, 11) is 0. The van der Waals surface area contributed by atoms with E-state index in [1.807, 2.05) is 0 Å². The summed E-state index contributed by atoms with van der Waals surface area (Å²) in [4.78, 5) is 5.34. The first kappa shape index (κ1) is 15.0. The zero-order valence-corrected chi connectivity index (χ0v) is 13.4. The Morgan fingerprint density at radius 3 is 2.76 bits per heavy atom. The molecule has 1 unspecified atom stereocenters. The molecule has 2 aliphatic heterocycles. The number of rotatable bonds is 6. The highest BCUT2D eigenvalue weighted by Gasteiger charge is 2.28. The number of hydrogen-bond acceptors (Lipinski definition) is 3. The van der Waals surface area contributed by atoms with Gasteiger partial charge in [-0.1, -0.05) is 31.2 Å². The van der Waals surface area contributed by atoms with Crippen LogP contribution in [0.1, 0.15) is 37.3 Å². The van der Waals surface area contributed by atoms with Crippen LogP contribution in [0, 0.1) is 0 Å². The Morgan fingerprint density at radius 1 is 1.14 bits per heavy atom. The molecule has 2 fully saturated rings. The molecule has 2 aliphatic rings. The summed E-state index contributed by atoms with van der Waals surface area (Å²) in [5, 5.41) is 3.41. The van der Waals surface area contributed by atoms with Crippen molar-refractivity contribution in [2.75, 3.05) is 32.7 Å². The molecule has 116 valence electrons. The SMILES string of the molecule is CCNCc1cccc(CN2CCC(N3CCCC3)C2)c1. The Balaban J connectivity index is 1.52. The zero-order valence-electron chi connectivity index (χ0n) is 13.4. The second-order valence-electron chi connectivity index (χ2n) is 6.52. The molecule has 0 bridgehead atoms. The van der Waals surface area contributed by atoms with Gasteiger partial charge < -0.3 is 5.32 Å². The molecule has 2 saturated heterocycles. The van der Waals surface area contributed by atoms with Crippen LogP contribution in [0.25, 0.3) is 0 Å². The topological polar surface area (TPSA) is 18.5 Å². The first-order chi connectivity index (χ1) is 10.3. The molecule has 3 rings (SSSR count). The van der Waals surface area contributed by atoms with Gasteiger partial charge in [0.1, 0.15) is 0 Å². The maximum absolute atomic E-state index is 3.41. The molecule has 21 heavy (non-hydrogen) atoms. The quantitative estimate of drug-likeness (QED) is 0.867. The zero-order chi connectivity index (χ0) is 14.5. The average Bonchev–Trinajstić information content (AvgIpc) is 3.16. The predicted octanol–water partition coefficient (Wildman–Crippen LogP) is 2.47. The molecule has 0 spiro atoms. The fraction of sp³-hybridized carbons (Fsp3) is 0.667. The van der Waals surface area contributed by atoms with Gasteiger partial charge in [0, 0.05) is 32.2 Å². The van der Waals surface area contributed by atoms with Crippen LogP contribution in [0.3, 0.4) is 0 Å². The van der Waals surface area contributed by atoms with E-state index in [2.05, 4.69) is 46.3 Å². The lowest BCUT2D eigenvalue weighted by Gasteiger charge is -2.23. The van der Waals surface area contributed by atoms with E-state index in [9.17, 15) is 0 Å². The number of nitrogens with zero attached hydrogens (tertiary/aromatic N) is 2. The minimum absolute atomic E-state index is 0.817. The van der Waals surface area contributed by atoms with Crippen molar-refractivity contribution in [1.82, 2.24) is 15.1 Å². The van der Waals surface area contributed by atoms with Gasteiger partial charge in [0.2, 0.25) is 0 Å². The lowest BCUT2D eigenvalue weighted by molar-refractivity contribution is 0.230. The Morgan fingerprint density at radius 2 is 1.95 bits per heavy atom. The highest BCUT2D eigenvalue weighted by molar-refractivity contribution is 5.23. The van der Waals surface area contributed by atoms with Crippen molar-refractivity contribution >= 4 is 0 Å². The Hall–Kier alpha value is -0.900. The van der Waals surface area contributed by atoms with Crippen LogP contribution in [0.5, 0.6) is 0 Å². The second-order valence-corrected chi connectivity index (χ2v) is 6.52. The van der Waals surface area contributed by atoms with Crippen molar-refractivity contribution in [1.29, 1.82) is 0 Å². The molecule has 1 aromatic carbocycles. The van der Waals surface area contributed by atoms with Crippen LogP contribution in [-0.4, -0.2) is 48.6 Å². The molecular weight excluding hydrogens is 258 g/mol. The number of likely N-dealkylation sites (tertiary alicyclic amines) is 2. The summed E-state index contributed by atoms with van der Waals surface area (Å²) in [6, 6.07) is 9.89. The molecule has 3 heteroatoms. The molecule has 0 radical (unpaired) electrons. The molecule has 3 nitrogen and oxygen atoms in total. The fourth-order valence-corrected chi connectivity index (χ4v) is 3.73. The summed E-state index contributed by atoms with van der Waals surface area (Å²) in [5.41, 5.74) is 2.87. The van der Waals surface area contributed by atoms with Crippen molar-refractivity contribution in [3.63, 3.8) is 0 Å². The smallest absolute Gasteiger partial charge is 0.0235 e. The van der Waals surface area contributed by atoms with Crippen molar-refractivity contribution in [3.8, 4) is 0 Å². The monoisotopic (exact) mass is 287 g/mol. The number of nitrogens with one attached hydrogen (secondary N) is 1. The molecule has 0 aliphatic carbocycles. The van der Waals surface area contributed by atoms with Crippen LogP contribution in [0.4, 0.5) is 0 Å². The lowest BCUT2D eigenvalue weighted by Crippen LogP contribution is -2.35. The molecule has 0 aromatic heterocycles. The molecule has 1 atom stereocenters. The average molecular weight is 287 g/mol. The normalized spacial score (nSPS) is 24.0. The molecule has 0 amide bonds. The summed E-state index contributed by atoms with van der Waals surface area (Å²) in [5.74, 6) is 0. The number of hydrogen-bond donors (Lipinski definition) is 1. The van der Waals surface area contributed by atoms with Crippen molar-refractivity contribution in [3.05, 3.63) is 35.4 Å². The van der Waals surface area contributed by atoms with E-state index in [1.165, 1.54) is 56.6 Å². The van der Waals surface area contributed by atoms with Gasteiger partial charge in [0.05, 0.1) is 0 Å². The molecular formula is C18H29N3. The standard InChI is InChI=1S/C18H29N3/c1-2-19-13-16-6-5-7-17(12-16)14-20-11-8-18(15-20)21-9-3-4-10-21/h5-7,12,18-19H,2-4,8-11,13-15H2,1H3. The first-order valence-electron chi connectivity index (χ1n) is 8.60. The van der Waals surface area contributed by atoms with Crippen LogP contribution >= 0.6 is 0 Å². The van der Waals surface area contributed by atoms with E-state index in [4.69, 9.17) is 0 Å². The van der Waals surface area contributed by atoms with Crippen LogP contribution in [0.15, 0.2) is 24.3 Å². The van der Waals surface area contributed by atoms with Gasteiger partial charge >= 0.3 is 0 Å². The van der Waals surface area contributed by atoms with E-state index in [0.717, 1.165) is 25.7 Å². The lowest BCUT2D eigenvalue weighted by atomic mass is 10.1. The van der Waals surface area contributed by atoms with Crippen LogP contribution in [-0.2, 0) is 13.1 Å². The Kier molecular flexibility index (Phi) is 5.28. The summed E-state index contributed by atoms with van der Waals surface area (Å²) < 4.78 is 0. The predicted molar refractivity (Wildman–Crippen MR) is 88.3 cm³/mol. The van der Waals surface area contributed by atoms with Crippen LogP contribution in [0.2, 0.25) is 0 Å². The fourth-order valence-electron chi connectivity index (χ4n) is 3.73. The minimum atomic E-state index is 0.817. The summed E-state index contributed by atoms with van der Waals surface area (Å²) >= 11 is 0. The van der Waals surface area contributed by atoms with Gasteiger partial charge in [-0.15, -0.1) is 0 Å². The maximum atomic E-state index is 3.41. The van der Waals surface area contributed by atoms with E-state index in [-0.39, 0.29) is 0 Å². The van der Waals surface area contributed by atoms with Gasteiger partial charge in [0.15, 0.2) is 0 Å². The first-order valence-corrected chi connectivity index (χ1v) is 8.60. The highest BCUT2D eigenvalue weighted by Crippen LogP contribution is 2.22. The third-order valence-corrected chi connectivity index (χ3v) is 4.88. The summed E-state index contributed by atoms with van der Waals surface area (Å²) in [6.07, 6.45) is 4.17. The highest BCUT2D eigenvalue weighted by atomic mass is 15.3. The Bertz CT molecular complexity index is 440. The molecule has 1 aromatic rings. The third-order valence-electron chi connectivity index (χ3n) is 4.88. The second kappa shape index (κ2) is 7.39. The van der Waals surface area contributed by atoms with E-state index < -0.39 is 0 Å². The number of benzene rings is 1. The minimum Gasteiger partial charge on any atom is -0.313 e. The van der Waals surface area contributed by atoms with Crippen molar-refractivity contribution in [2.24, 2.45) is 0 Å². The van der Waals surface area contributed by atoms with Gasteiger partial charge in [-0.2, -0.15) is 0 Å². The van der Waals surface area contributed by atoms with Crippen molar-refractivity contribution in [2.45, 2.75) is 45.3 Å². The van der Waals surface area contributed by atoms with Gasteiger partial charge in [-0.25, -0.2) is 0 Å². The largest absolute Gasteiger partial charge is 0.313 e. The van der Waals surface area contributed by atoms with Crippen molar-refractivity contribution < 1.29 is 0 Å². The molecule has 2 heterocycles. The molecule has 0 saturated carbocycles. The van der Waals surface area contributed by atoms with Gasteiger partial charge in [0.25, 0.3) is 0 Å². The van der Waals surface area contributed by atoms with Crippen LogP contribution < -0.4 is 5.32 Å². The van der Waals surface area contributed by atoms with Gasteiger partial charge in [-0.3, -0.25) is 9.80 Å². The van der Waals surface area contributed by atoms with Gasteiger partial charge in [-0.05, 0) is 50.0 Å². The Labute approximate surface area is 129 Å². The maximum Gasteiger partial charge on any atom is 0.0235 e. The molecule has 1 N–H and O–H groups in total. The third kappa shape index (κ3) is 4.06.